The van der Waals surface area contributed by atoms with Gasteiger partial charge in [0.05, 0.1) is 0 Å². The fraction of sp³-hybridized carbons (Fsp3) is 0.750. The van der Waals surface area contributed by atoms with E-state index in [9.17, 15) is 4.79 Å². The molecule has 1 nitrogen and oxygen atoms in total. The average Bonchev–Trinajstić information content (AvgIpc) is 2.22. The highest BCUT2D eigenvalue weighted by Crippen LogP contribution is 2.44. The van der Waals surface area contributed by atoms with Crippen LogP contribution in [0.15, 0.2) is 11.6 Å². The van der Waals surface area contributed by atoms with E-state index in [4.69, 9.17) is 0 Å². The molecule has 0 aliphatic heterocycles. The topological polar surface area (TPSA) is 17.1 Å². The summed E-state index contributed by atoms with van der Waals surface area (Å²) in [6.07, 6.45) is 3.41. The predicted octanol–water partition coefficient (Wildman–Crippen LogP) is 3.20. The number of carbonyl (C=O) groups excluding carboxylic acids is 1. The molecule has 1 rings (SSSR count). The van der Waals surface area contributed by atoms with E-state index >= 15 is 0 Å². The van der Waals surface area contributed by atoms with E-state index in [0.29, 0.717) is 11.7 Å². The summed E-state index contributed by atoms with van der Waals surface area (Å²) in [5.74, 6) is 1.02. The average molecular weight is 180 g/mol. The Kier molecular flexibility index (Phi) is 2.65. The van der Waals surface area contributed by atoms with Crippen molar-refractivity contribution in [2.75, 3.05) is 0 Å². The Morgan fingerprint density at radius 3 is 2.46 bits per heavy atom. The third-order valence-corrected chi connectivity index (χ3v) is 3.36. The van der Waals surface area contributed by atoms with E-state index in [1.165, 1.54) is 5.57 Å². The molecule has 0 saturated carbocycles. The minimum absolute atomic E-state index is 0.198. The van der Waals surface area contributed by atoms with Crippen molar-refractivity contribution in [2.45, 2.75) is 41.0 Å². The van der Waals surface area contributed by atoms with E-state index < -0.39 is 0 Å². The van der Waals surface area contributed by atoms with E-state index in [0.717, 1.165) is 6.42 Å². The van der Waals surface area contributed by atoms with Crippen molar-refractivity contribution in [2.24, 2.45) is 17.3 Å². The lowest BCUT2D eigenvalue weighted by molar-refractivity contribution is -0.122. The van der Waals surface area contributed by atoms with Crippen LogP contribution in [-0.4, -0.2) is 5.78 Å². The van der Waals surface area contributed by atoms with E-state index in [1.807, 2.05) is 0 Å². The first-order valence-electron chi connectivity index (χ1n) is 5.03. The summed E-state index contributed by atoms with van der Waals surface area (Å²) in [7, 11) is 0. The molecule has 0 spiro atoms. The van der Waals surface area contributed by atoms with Crippen LogP contribution >= 0.6 is 0 Å². The van der Waals surface area contributed by atoms with E-state index in [2.05, 4.69) is 33.8 Å². The number of hydrogen-bond donors (Lipinski definition) is 0. The van der Waals surface area contributed by atoms with E-state index in [1.54, 1.807) is 6.92 Å². The zero-order valence-corrected chi connectivity index (χ0v) is 9.35. The molecule has 0 aromatic carbocycles. The van der Waals surface area contributed by atoms with Gasteiger partial charge in [0.1, 0.15) is 5.78 Å². The molecule has 0 N–H and O–H groups in total. The summed E-state index contributed by atoms with van der Waals surface area (Å²) in [6, 6.07) is 0. The zero-order valence-electron chi connectivity index (χ0n) is 9.35. The van der Waals surface area contributed by atoms with Gasteiger partial charge >= 0.3 is 0 Å². The highest BCUT2D eigenvalue weighted by Gasteiger charge is 2.37. The first kappa shape index (κ1) is 10.5. The molecule has 0 amide bonds. The zero-order chi connectivity index (χ0) is 10.2. The molecule has 1 heteroatoms. The third kappa shape index (κ3) is 2.01. The fourth-order valence-corrected chi connectivity index (χ4v) is 2.52. The summed E-state index contributed by atoms with van der Waals surface area (Å²) in [5, 5.41) is 0. The molecule has 0 aromatic rings. The molecule has 1 aliphatic rings. The van der Waals surface area contributed by atoms with Gasteiger partial charge in [0, 0.05) is 5.92 Å². The maximum absolute atomic E-state index is 11.3. The standard InChI is InChI=1S/C12H20O/c1-8-6-11(9(2)10(3)13)12(4,5)7-8/h7,9,11H,6H2,1-5H3. The van der Waals surface area contributed by atoms with Gasteiger partial charge in [-0.05, 0) is 31.6 Å². The Morgan fingerprint density at radius 2 is 2.15 bits per heavy atom. The summed E-state index contributed by atoms with van der Waals surface area (Å²) >= 11 is 0. The summed E-state index contributed by atoms with van der Waals surface area (Å²) < 4.78 is 0. The lowest BCUT2D eigenvalue weighted by atomic mass is 9.73. The van der Waals surface area contributed by atoms with Gasteiger partial charge < -0.3 is 0 Å². The molecule has 13 heavy (non-hydrogen) atoms. The lowest BCUT2D eigenvalue weighted by Crippen LogP contribution is -2.28. The van der Waals surface area contributed by atoms with Crippen molar-refractivity contribution in [3.8, 4) is 0 Å². The van der Waals surface area contributed by atoms with Crippen LogP contribution in [0.25, 0.3) is 0 Å². The molecule has 2 atom stereocenters. The summed E-state index contributed by atoms with van der Waals surface area (Å²) in [5.41, 5.74) is 1.64. The Morgan fingerprint density at radius 1 is 1.62 bits per heavy atom. The van der Waals surface area contributed by atoms with Crippen LogP contribution in [0.5, 0.6) is 0 Å². The second-order valence-corrected chi connectivity index (χ2v) is 5.02. The fourth-order valence-electron chi connectivity index (χ4n) is 2.52. The predicted molar refractivity (Wildman–Crippen MR) is 55.5 cm³/mol. The monoisotopic (exact) mass is 180 g/mol. The van der Waals surface area contributed by atoms with Crippen molar-refractivity contribution in [1.82, 2.24) is 0 Å². The second kappa shape index (κ2) is 3.28. The van der Waals surface area contributed by atoms with Crippen molar-refractivity contribution in [1.29, 1.82) is 0 Å². The Hall–Kier alpha value is -0.590. The van der Waals surface area contributed by atoms with Crippen molar-refractivity contribution >= 4 is 5.78 Å². The van der Waals surface area contributed by atoms with Crippen molar-refractivity contribution in [3.63, 3.8) is 0 Å². The molecule has 0 radical (unpaired) electrons. The minimum Gasteiger partial charge on any atom is -0.300 e. The smallest absolute Gasteiger partial charge is 0.132 e. The molecular formula is C12H20O. The van der Waals surface area contributed by atoms with Gasteiger partial charge in [-0.1, -0.05) is 32.4 Å². The molecule has 0 bridgehead atoms. The number of carbonyl (C=O) groups is 1. The van der Waals surface area contributed by atoms with Crippen LogP contribution in [0.4, 0.5) is 0 Å². The molecule has 0 aromatic heterocycles. The number of Topliss-reactive ketones (excluding diaryl/α,β-unsaturated/α-hetero) is 1. The molecule has 0 heterocycles. The van der Waals surface area contributed by atoms with Gasteiger partial charge in [-0.25, -0.2) is 0 Å². The van der Waals surface area contributed by atoms with Crippen LogP contribution in [0.1, 0.15) is 41.0 Å². The van der Waals surface area contributed by atoms with Gasteiger partial charge in [0.2, 0.25) is 0 Å². The van der Waals surface area contributed by atoms with Crippen molar-refractivity contribution < 1.29 is 4.79 Å². The van der Waals surface area contributed by atoms with Gasteiger partial charge in [0.25, 0.3) is 0 Å². The Bertz CT molecular complexity index is 248. The Labute approximate surface area is 81.2 Å². The largest absolute Gasteiger partial charge is 0.300 e. The van der Waals surface area contributed by atoms with Crippen LogP contribution < -0.4 is 0 Å². The minimum atomic E-state index is 0.198. The molecule has 2 unspecified atom stereocenters. The third-order valence-electron chi connectivity index (χ3n) is 3.36. The van der Waals surface area contributed by atoms with Crippen LogP contribution in [0, 0.1) is 17.3 Å². The van der Waals surface area contributed by atoms with Crippen LogP contribution in [0.3, 0.4) is 0 Å². The quantitative estimate of drug-likeness (QED) is 0.596. The van der Waals surface area contributed by atoms with Gasteiger partial charge in [-0.3, -0.25) is 4.79 Å². The second-order valence-electron chi connectivity index (χ2n) is 5.02. The molecule has 0 saturated heterocycles. The summed E-state index contributed by atoms with van der Waals surface area (Å²) in [6.45, 7) is 10.4. The molecular weight excluding hydrogens is 160 g/mol. The number of allylic oxidation sites excluding steroid dienone is 2. The Balaban J connectivity index is 2.81. The van der Waals surface area contributed by atoms with Crippen LogP contribution in [-0.2, 0) is 4.79 Å². The molecule has 1 aliphatic carbocycles. The molecule has 0 fully saturated rings. The lowest BCUT2D eigenvalue weighted by Gasteiger charge is -2.30. The SMILES string of the molecule is CC(=O)C(C)C1CC(C)=CC1(C)C. The normalized spacial score (nSPS) is 28.4. The number of rotatable bonds is 2. The number of hydrogen-bond acceptors (Lipinski definition) is 1. The van der Waals surface area contributed by atoms with Gasteiger partial charge in [0.15, 0.2) is 0 Å². The highest BCUT2D eigenvalue weighted by molar-refractivity contribution is 5.78. The van der Waals surface area contributed by atoms with Gasteiger partial charge in [-0.15, -0.1) is 0 Å². The maximum Gasteiger partial charge on any atom is 0.132 e. The van der Waals surface area contributed by atoms with Gasteiger partial charge in [-0.2, -0.15) is 0 Å². The molecule has 74 valence electrons. The number of ketones is 1. The van der Waals surface area contributed by atoms with Crippen molar-refractivity contribution in [3.05, 3.63) is 11.6 Å². The first-order valence-corrected chi connectivity index (χ1v) is 5.03. The maximum atomic E-state index is 11.3. The highest BCUT2D eigenvalue weighted by atomic mass is 16.1. The summed E-state index contributed by atoms with van der Waals surface area (Å²) in [4.78, 5) is 11.3. The first-order chi connectivity index (χ1) is 5.84. The van der Waals surface area contributed by atoms with E-state index in [-0.39, 0.29) is 11.3 Å². The van der Waals surface area contributed by atoms with Crippen LogP contribution in [0.2, 0.25) is 0 Å².